The number of anilines is 1. The lowest BCUT2D eigenvalue weighted by Crippen LogP contribution is -2.46. The number of nitrogens with zero attached hydrogens (tertiary/aromatic N) is 1. The number of nitrogens with one attached hydrogen (secondary N) is 3. The predicted molar refractivity (Wildman–Crippen MR) is 114 cm³/mol. The van der Waals surface area contributed by atoms with Gasteiger partial charge in [-0.2, -0.15) is 0 Å². The Morgan fingerprint density at radius 3 is 2.43 bits per heavy atom. The molecule has 0 spiro atoms. The standard InChI is InChI=1S/C22H28N4O4/c1-14-19(22(29)30-3)15(2)23-20(14)21(28)25-17-9-11-26(12-10-17)13-18(27)24-16-7-5-4-6-8-16/h4-8,17,23H,9-13H2,1-3H3,(H,24,27)(H,25,28). The SMILES string of the molecule is COC(=O)c1c(C)[nH]c(C(=O)NC2CCN(CC(=O)Nc3ccccc3)CC2)c1C. The number of esters is 1. The second-order valence-corrected chi connectivity index (χ2v) is 7.55. The van der Waals surface area contributed by atoms with Gasteiger partial charge in [-0.05, 0) is 44.4 Å². The highest BCUT2D eigenvalue weighted by Gasteiger charge is 2.26. The molecule has 0 bridgehead atoms. The number of H-pyrrole nitrogens is 1. The van der Waals surface area contributed by atoms with E-state index >= 15 is 0 Å². The van der Waals surface area contributed by atoms with E-state index in [-0.39, 0.29) is 17.9 Å². The summed E-state index contributed by atoms with van der Waals surface area (Å²) >= 11 is 0. The number of methoxy groups -OCH3 is 1. The van der Waals surface area contributed by atoms with Crippen LogP contribution in [0.15, 0.2) is 30.3 Å². The molecule has 160 valence electrons. The number of likely N-dealkylation sites (tertiary alicyclic amines) is 1. The molecule has 1 aliphatic rings. The molecule has 30 heavy (non-hydrogen) atoms. The second-order valence-electron chi connectivity index (χ2n) is 7.55. The quantitative estimate of drug-likeness (QED) is 0.632. The average molecular weight is 412 g/mol. The lowest BCUT2D eigenvalue weighted by molar-refractivity contribution is -0.117. The van der Waals surface area contributed by atoms with Gasteiger partial charge in [-0.1, -0.05) is 18.2 Å². The number of hydrogen-bond donors (Lipinski definition) is 3. The van der Waals surface area contributed by atoms with Gasteiger partial charge in [0, 0.05) is 30.5 Å². The molecule has 1 saturated heterocycles. The number of aromatic amines is 1. The molecule has 2 aromatic rings. The fraction of sp³-hybridized carbons (Fsp3) is 0.409. The van der Waals surface area contributed by atoms with Crippen LogP contribution in [0.25, 0.3) is 0 Å². The summed E-state index contributed by atoms with van der Waals surface area (Å²) in [5.74, 6) is -0.732. The number of aryl methyl sites for hydroxylation is 1. The highest BCUT2D eigenvalue weighted by atomic mass is 16.5. The van der Waals surface area contributed by atoms with Crippen LogP contribution in [-0.2, 0) is 9.53 Å². The van der Waals surface area contributed by atoms with Crippen molar-refractivity contribution in [2.24, 2.45) is 0 Å². The fourth-order valence-corrected chi connectivity index (χ4v) is 3.80. The molecule has 3 N–H and O–H groups in total. The van der Waals surface area contributed by atoms with Crippen LogP contribution in [0.4, 0.5) is 5.69 Å². The van der Waals surface area contributed by atoms with Gasteiger partial charge in [-0.25, -0.2) is 4.79 Å². The van der Waals surface area contributed by atoms with E-state index < -0.39 is 5.97 Å². The highest BCUT2D eigenvalue weighted by molar-refractivity contribution is 6.00. The van der Waals surface area contributed by atoms with Gasteiger partial charge in [0.15, 0.2) is 0 Å². The first-order valence-electron chi connectivity index (χ1n) is 10.0. The number of para-hydroxylation sites is 1. The average Bonchev–Trinajstić information content (AvgIpc) is 3.03. The largest absolute Gasteiger partial charge is 0.465 e. The minimum atomic E-state index is -0.456. The van der Waals surface area contributed by atoms with Crippen molar-refractivity contribution in [1.29, 1.82) is 0 Å². The summed E-state index contributed by atoms with van der Waals surface area (Å²) in [5.41, 5.74) is 2.78. The van der Waals surface area contributed by atoms with Crippen LogP contribution >= 0.6 is 0 Å². The summed E-state index contributed by atoms with van der Waals surface area (Å²) < 4.78 is 4.79. The number of piperidine rings is 1. The van der Waals surface area contributed by atoms with E-state index in [0.717, 1.165) is 31.6 Å². The molecule has 0 unspecified atom stereocenters. The van der Waals surface area contributed by atoms with E-state index in [1.54, 1.807) is 13.8 Å². The van der Waals surface area contributed by atoms with Gasteiger partial charge >= 0.3 is 5.97 Å². The van der Waals surface area contributed by atoms with Crippen molar-refractivity contribution in [2.75, 3.05) is 32.1 Å². The van der Waals surface area contributed by atoms with E-state index in [1.807, 2.05) is 30.3 Å². The molecule has 8 nitrogen and oxygen atoms in total. The Morgan fingerprint density at radius 2 is 1.80 bits per heavy atom. The molecule has 1 aliphatic heterocycles. The van der Waals surface area contributed by atoms with Crippen LogP contribution in [-0.4, -0.2) is 60.5 Å². The Labute approximate surface area is 176 Å². The molecule has 0 aliphatic carbocycles. The summed E-state index contributed by atoms with van der Waals surface area (Å²) in [6.07, 6.45) is 1.51. The maximum absolute atomic E-state index is 12.7. The first kappa shape index (κ1) is 21.6. The maximum atomic E-state index is 12.7. The molecule has 2 amide bonds. The van der Waals surface area contributed by atoms with Crippen molar-refractivity contribution < 1.29 is 19.1 Å². The number of amides is 2. The van der Waals surface area contributed by atoms with E-state index in [2.05, 4.69) is 20.5 Å². The lowest BCUT2D eigenvalue weighted by atomic mass is 10.0. The number of rotatable bonds is 6. The van der Waals surface area contributed by atoms with Gasteiger partial charge in [-0.3, -0.25) is 14.5 Å². The number of ether oxygens (including phenoxy) is 1. The van der Waals surface area contributed by atoms with Gasteiger partial charge in [0.25, 0.3) is 5.91 Å². The Morgan fingerprint density at radius 1 is 1.13 bits per heavy atom. The van der Waals surface area contributed by atoms with Crippen molar-refractivity contribution in [3.63, 3.8) is 0 Å². The summed E-state index contributed by atoms with van der Waals surface area (Å²) in [6, 6.07) is 9.40. The number of benzene rings is 1. The smallest absolute Gasteiger partial charge is 0.339 e. The van der Waals surface area contributed by atoms with E-state index in [9.17, 15) is 14.4 Å². The Bertz CT molecular complexity index is 915. The fourth-order valence-electron chi connectivity index (χ4n) is 3.80. The molecule has 1 fully saturated rings. The van der Waals surface area contributed by atoms with Gasteiger partial charge in [0.2, 0.25) is 5.91 Å². The molecule has 3 rings (SSSR count). The third-order valence-electron chi connectivity index (χ3n) is 5.40. The molecule has 2 heterocycles. The maximum Gasteiger partial charge on any atom is 0.339 e. The summed E-state index contributed by atoms with van der Waals surface area (Å²) in [6.45, 7) is 5.26. The topological polar surface area (TPSA) is 104 Å². The van der Waals surface area contributed by atoms with Crippen molar-refractivity contribution in [3.8, 4) is 0 Å². The van der Waals surface area contributed by atoms with Crippen LogP contribution in [0.2, 0.25) is 0 Å². The van der Waals surface area contributed by atoms with E-state index in [1.165, 1.54) is 7.11 Å². The van der Waals surface area contributed by atoms with Gasteiger partial charge in [0.1, 0.15) is 5.69 Å². The zero-order chi connectivity index (χ0) is 21.7. The minimum Gasteiger partial charge on any atom is -0.465 e. The van der Waals surface area contributed by atoms with Crippen molar-refractivity contribution in [2.45, 2.75) is 32.7 Å². The van der Waals surface area contributed by atoms with Crippen LogP contribution < -0.4 is 10.6 Å². The molecule has 0 atom stereocenters. The van der Waals surface area contributed by atoms with E-state index in [4.69, 9.17) is 4.74 Å². The third kappa shape index (κ3) is 5.07. The van der Waals surface area contributed by atoms with Gasteiger partial charge in [-0.15, -0.1) is 0 Å². The summed E-state index contributed by atoms with van der Waals surface area (Å²) in [7, 11) is 1.32. The second kappa shape index (κ2) is 9.58. The molecular formula is C22H28N4O4. The van der Waals surface area contributed by atoms with Crippen LogP contribution in [0, 0.1) is 13.8 Å². The number of hydrogen-bond acceptors (Lipinski definition) is 5. The molecule has 1 aromatic carbocycles. The molecule has 1 aromatic heterocycles. The predicted octanol–water partition coefficient (Wildman–Crippen LogP) is 2.25. The van der Waals surface area contributed by atoms with Gasteiger partial charge in [0.05, 0.1) is 19.2 Å². The van der Waals surface area contributed by atoms with Crippen molar-refractivity contribution in [1.82, 2.24) is 15.2 Å². The first-order chi connectivity index (χ1) is 14.4. The zero-order valence-corrected chi connectivity index (χ0v) is 17.6. The Balaban J connectivity index is 1.49. The lowest BCUT2D eigenvalue weighted by Gasteiger charge is -2.31. The summed E-state index contributed by atoms with van der Waals surface area (Å²) in [4.78, 5) is 41.9. The highest BCUT2D eigenvalue weighted by Crippen LogP contribution is 2.20. The van der Waals surface area contributed by atoms with E-state index in [0.29, 0.717) is 29.1 Å². The van der Waals surface area contributed by atoms with Gasteiger partial charge < -0.3 is 20.4 Å². The Hall–Kier alpha value is -3.13. The molecule has 0 radical (unpaired) electrons. The summed E-state index contributed by atoms with van der Waals surface area (Å²) in [5, 5.41) is 5.93. The van der Waals surface area contributed by atoms with Crippen molar-refractivity contribution >= 4 is 23.5 Å². The van der Waals surface area contributed by atoms with Crippen LogP contribution in [0.5, 0.6) is 0 Å². The molecule has 0 saturated carbocycles. The monoisotopic (exact) mass is 412 g/mol. The minimum absolute atomic E-state index is 0.0236. The molecule has 8 heteroatoms. The van der Waals surface area contributed by atoms with Crippen molar-refractivity contribution in [3.05, 3.63) is 52.8 Å². The number of carbonyl (C=O) groups is 3. The third-order valence-corrected chi connectivity index (χ3v) is 5.40. The van der Waals surface area contributed by atoms with Crippen LogP contribution in [0.3, 0.4) is 0 Å². The van der Waals surface area contributed by atoms with Crippen LogP contribution in [0.1, 0.15) is 44.9 Å². The zero-order valence-electron chi connectivity index (χ0n) is 17.6. The number of aromatic nitrogens is 1. The normalized spacial score (nSPS) is 14.9. The Kier molecular flexibility index (Phi) is 6.89. The number of carbonyl (C=O) groups excluding carboxylic acids is 3. The molecular weight excluding hydrogens is 384 g/mol. The first-order valence-corrected chi connectivity index (χ1v) is 10.0.